The molecule has 46 unspecified atom stereocenters. The number of hydrogen-bond donors (Lipinski definition) is 20. The van der Waals surface area contributed by atoms with Gasteiger partial charge in [0.15, 0.2) is 62.3 Å². The molecule has 0 bridgehead atoms. The maximum Gasteiger partial charge on any atom is 0.333 e. The van der Waals surface area contributed by atoms with E-state index in [4.69, 9.17) is 90.0 Å². The number of rotatable bonds is 27. The van der Waals surface area contributed by atoms with Gasteiger partial charge in [0.25, 0.3) is 0 Å². The highest BCUT2D eigenvalue weighted by atomic mass is 16.8. The van der Waals surface area contributed by atoms with Gasteiger partial charge in [-0.15, -0.1) is 6.58 Å². The molecule has 742 valence electrons. The van der Waals surface area contributed by atoms with Crippen molar-refractivity contribution in [3.05, 3.63) is 36.0 Å². The van der Waals surface area contributed by atoms with Crippen molar-refractivity contribution in [2.24, 2.45) is 56.7 Å². The van der Waals surface area contributed by atoms with E-state index in [-0.39, 0.29) is 49.5 Å². The van der Waals surface area contributed by atoms with Crippen LogP contribution in [0.1, 0.15) is 140 Å². The van der Waals surface area contributed by atoms with Crippen LogP contribution in [-0.4, -0.2) is 412 Å². The van der Waals surface area contributed by atoms with Crippen LogP contribution in [0.5, 0.6) is 0 Å². The molecule has 8 saturated heterocycles. The number of carbonyl (C=O) groups is 4. The van der Waals surface area contributed by atoms with E-state index < -0.39 is 354 Å². The maximum atomic E-state index is 16.3. The zero-order chi connectivity index (χ0) is 95.0. The number of carbonyl (C=O) groups excluding carboxylic acids is 4. The van der Waals surface area contributed by atoms with Crippen LogP contribution in [0.4, 0.5) is 0 Å². The zero-order valence-electron chi connectivity index (χ0n) is 74.7. The molecule has 43 heteroatoms. The normalized spacial score (nSPS) is 49.0. The first-order valence-electron chi connectivity index (χ1n) is 44.9. The fourth-order valence-electron chi connectivity index (χ4n) is 22.5. The molecule has 0 aromatic rings. The van der Waals surface area contributed by atoms with Crippen molar-refractivity contribution >= 4 is 23.9 Å². The number of aliphatic hydroxyl groups is 20. The third-order valence-electron chi connectivity index (χ3n) is 30.2. The van der Waals surface area contributed by atoms with Crippen LogP contribution in [0.3, 0.4) is 0 Å². The summed E-state index contributed by atoms with van der Waals surface area (Å²) >= 11 is 0. The van der Waals surface area contributed by atoms with Crippen LogP contribution in [0.25, 0.3) is 0 Å². The average molecular weight is 1870 g/mol. The molecule has 0 aromatic heterocycles. The lowest BCUT2D eigenvalue weighted by Gasteiger charge is -2.69. The lowest BCUT2D eigenvalue weighted by atomic mass is 9.36. The summed E-state index contributed by atoms with van der Waals surface area (Å²) in [6.07, 6.45) is -55.8. The Balaban J connectivity index is 0.749. The summed E-state index contributed by atoms with van der Waals surface area (Å²) in [4.78, 5) is 54.7. The number of allylic oxidation sites excluding steroid dienone is 2. The zero-order valence-corrected chi connectivity index (χ0v) is 74.7. The van der Waals surface area contributed by atoms with Gasteiger partial charge in [0.1, 0.15) is 146 Å². The van der Waals surface area contributed by atoms with E-state index in [0.29, 0.717) is 37.7 Å². The van der Waals surface area contributed by atoms with E-state index in [2.05, 4.69) is 26.5 Å². The number of ether oxygens (including phenoxy) is 19. The third kappa shape index (κ3) is 20.5. The Bertz CT molecular complexity index is 3910. The van der Waals surface area contributed by atoms with Crippen molar-refractivity contribution in [2.75, 3.05) is 52.9 Å². The molecular formula is C87H136O43. The second kappa shape index (κ2) is 41.0. The predicted octanol–water partition coefficient (Wildman–Crippen LogP) is -5.36. The minimum Gasteiger partial charge on any atom is -0.463 e. The quantitative estimate of drug-likeness (QED) is 0.0120. The van der Waals surface area contributed by atoms with Gasteiger partial charge in [-0.05, 0) is 117 Å². The number of fused-ring (bicyclic) bond motifs is 7. The second-order valence-electron chi connectivity index (χ2n) is 39.8. The topological polar surface area (TPSA) is 648 Å². The second-order valence-corrected chi connectivity index (χ2v) is 39.8. The minimum absolute atomic E-state index is 0.00858. The van der Waals surface area contributed by atoms with Crippen LogP contribution in [0.15, 0.2) is 36.0 Å². The number of esters is 4. The summed E-state index contributed by atoms with van der Waals surface area (Å²) in [5.74, 6) is -7.03. The first kappa shape index (κ1) is 103. The SMILES string of the molecule is C=CC(C)(O)CC/C=C(\C)C(=O)OC1C(O)C(CO)OC(OC(=O)C23CCC(C)(C)CC2C2=CCC4C(C)(CCC5C(C)(C)C(OC6OC(COC7OCC(OC(C)=O)C(O)C7OC7OC(COC(C)=O)C(O)C(O)C7O)C(O)C(O)C6OC6OCC(O)C(O)C6O)CCC54C)C2C(O)C3O)C1OC1OCC(OC2OCC(O)C(OC3OCC(O)C(O)C3O)C2O)C(O)C1C. The van der Waals surface area contributed by atoms with Gasteiger partial charge in [-0.25, -0.2) is 4.79 Å². The maximum absolute atomic E-state index is 16.3. The summed E-state index contributed by atoms with van der Waals surface area (Å²) in [7, 11) is 0. The molecule has 12 fully saturated rings. The molecule has 130 heavy (non-hydrogen) atoms. The summed E-state index contributed by atoms with van der Waals surface area (Å²) in [6, 6.07) is 0. The molecule has 46 atom stereocenters. The average Bonchev–Trinajstić information content (AvgIpc) is 0.677. The van der Waals surface area contributed by atoms with Gasteiger partial charge >= 0.3 is 23.9 Å². The van der Waals surface area contributed by atoms with Crippen LogP contribution in [0, 0.1) is 56.7 Å². The fraction of sp³-hybridized carbons (Fsp3) is 0.885. The molecule has 20 N–H and O–H groups in total. The van der Waals surface area contributed by atoms with E-state index in [1.54, 1.807) is 0 Å². The van der Waals surface area contributed by atoms with Crippen molar-refractivity contribution in [2.45, 2.75) is 373 Å². The smallest absolute Gasteiger partial charge is 0.333 e. The van der Waals surface area contributed by atoms with Crippen LogP contribution in [0.2, 0.25) is 0 Å². The first-order chi connectivity index (χ1) is 61.0. The summed E-state index contributed by atoms with van der Waals surface area (Å²) in [5.41, 5.74) is -5.38. The van der Waals surface area contributed by atoms with Gasteiger partial charge in [0.2, 0.25) is 6.29 Å². The molecule has 13 rings (SSSR count). The Morgan fingerprint density at radius 1 is 0.492 bits per heavy atom. The van der Waals surface area contributed by atoms with Crippen molar-refractivity contribution in [1.82, 2.24) is 0 Å². The van der Waals surface area contributed by atoms with E-state index in [9.17, 15) is 117 Å². The van der Waals surface area contributed by atoms with Gasteiger partial charge in [-0.3, -0.25) is 14.4 Å². The van der Waals surface area contributed by atoms with Gasteiger partial charge in [0.05, 0.1) is 76.3 Å². The highest BCUT2D eigenvalue weighted by molar-refractivity contribution is 5.88. The van der Waals surface area contributed by atoms with Crippen molar-refractivity contribution < 1.29 is 211 Å². The monoisotopic (exact) mass is 1870 g/mol. The Kier molecular flexibility index (Phi) is 32.5. The molecule has 0 amide bonds. The van der Waals surface area contributed by atoms with Crippen molar-refractivity contribution in [1.29, 1.82) is 0 Å². The van der Waals surface area contributed by atoms with E-state index in [0.717, 1.165) is 13.8 Å². The van der Waals surface area contributed by atoms with Crippen molar-refractivity contribution in [3.8, 4) is 0 Å². The van der Waals surface area contributed by atoms with Crippen molar-refractivity contribution in [3.63, 3.8) is 0 Å². The predicted molar refractivity (Wildman–Crippen MR) is 431 cm³/mol. The molecule has 4 saturated carbocycles. The summed E-state index contributed by atoms with van der Waals surface area (Å²) in [6.45, 7) is 17.7. The molecular weight excluding hydrogens is 1730 g/mol. The standard InChI is InChI=1S/C87H136O43/c1-13-84(10,111)20-14-15-34(2)72(109)125-67-57(99)43(26-88)120-80(70(67)129-73-35(3)52(94)44(31-116-73)121-76-65(107)66(42(93)29-115-76)126-74-62(104)53(95)40(91)27-113-74)130-81(110)87-24-23-82(6,7)25-39(87)38-16-17-49-85(11)22-19-50(83(8,9)48(85)18-21-86(49,12)51(38)59(101)71(87)108)124-79-69(127-75-63(105)54(96)41(92)28-114-75)61(103)56(98)46(123-79)32-117-78-68(58(100)47(33-118-78)119-37(5)90)128-77-64(106)60(102)55(97)45(122-77)30-112-36(4)89/h13,15-16,35,39-71,73-80,88,91-108,111H,1,14,17-33H2,2-12H3/b34-15+. The largest absolute Gasteiger partial charge is 0.463 e. The molecule has 43 nitrogen and oxygen atoms in total. The van der Waals surface area contributed by atoms with E-state index in [1.807, 2.05) is 27.7 Å². The van der Waals surface area contributed by atoms with E-state index in [1.165, 1.54) is 32.9 Å². The molecule has 13 aliphatic rings. The highest BCUT2D eigenvalue weighted by Crippen LogP contribution is 2.73. The lowest BCUT2D eigenvalue weighted by Crippen LogP contribution is -2.70. The Hall–Kier alpha value is -4.30. The number of hydrogen-bond acceptors (Lipinski definition) is 43. The molecule has 0 radical (unpaired) electrons. The first-order valence-corrected chi connectivity index (χ1v) is 44.9. The minimum atomic E-state index is -2.06. The molecule has 8 aliphatic heterocycles. The molecule has 0 spiro atoms. The Morgan fingerprint density at radius 2 is 1.05 bits per heavy atom. The van der Waals surface area contributed by atoms with Gasteiger partial charge < -0.3 is 192 Å². The number of aliphatic hydroxyl groups excluding tert-OH is 19. The van der Waals surface area contributed by atoms with Crippen LogP contribution >= 0.6 is 0 Å². The van der Waals surface area contributed by atoms with Crippen LogP contribution < -0.4 is 0 Å². The molecule has 8 heterocycles. The Morgan fingerprint density at radius 3 is 1.68 bits per heavy atom. The van der Waals surface area contributed by atoms with Gasteiger partial charge in [-0.1, -0.05) is 72.3 Å². The van der Waals surface area contributed by atoms with E-state index >= 15 is 4.79 Å². The van der Waals surface area contributed by atoms with Crippen LogP contribution in [-0.2, 0) is 109 Å². The summed E-state index contributed by atoms with van der Waals surface area (Å²) < 4.78 is 114. The molecule has 5 aliphatic carbocycles. The van der Waals surface area contributed by atoms with Gasteiger partial charge in [-0.2, -0.15) is 0 Å². The third-order valence-corrected chi connectivity index (χ3v) is 30.2. The fourth-order valence-corrected chi connectivity index (χ4v) is 22.5. The highest BCUT2D eigenvalue weighted by Gasteiger charge is 2.72. The Labute approximate surface area is 751 Å². The molecule has 0 aromatic carbocycles. The lowest BCUT2D eigenvalue weighted by molar-refractivity contribution is -0.379. The van der Waals surface area contributed by atoms with Gasteiger partial charge in [0, 0.05) is 31.3 Å². The summed E-state index contributed by atoms with van der Waals surface area (Å²) in [5, 5.41) is 228.